The number of ketones is 1. The van der Waals surface area contributed by atoms with Gasteiger partial charge in [0.25, 0.3) is 0 Å². The highest BCUT2D eigenvalue weighted by molar-refractivity contribution is 6.03. The molecule has 2 nitrogen and oxygen atoms in total. The predicted molar refractivity (Wildman–Crippen MR) is 77.7 cm³/mol. The zero-order chi connectivity index (χ0) is 13.5. The van der Waals surface area contributed by atoms with E-state index in [2.05, 4.69) is 31.0 Å². The molecule has 1 aromatic carbocycles. The fourth-order valence-corrected chi connectivity index (χ4v) is 2.89. The van der Waals surface area contributed by atoms with Crippen molar-refractivity contribution in [3.8, 4) is 0 Å². The molecule has 0 saturated heterocycles. The summed E-state index contributed by atoms with van der Waals surface area (Å²) < 4.78 is 0. The van der Waals surface area contributed by atoms with Gasteiger partial charge in [-0.15, -0.1) is 0 Å². The highest BCUT2D eigenvalue weighted by Gasteiger charge is 2.28. The fourth-order valence-electron chi connectivity index (χ4n) is 2.89. The van der Waals surface area contributed by atoms with Crippen molar-refractivity contribution in [2.24, 2.45) is 5.41 Å². The minimum Gasteiger partial charge on any atom is -0.295 e. The summed E-state index contributed by atoms with van der Waals surface area (Å²) in [5.41, 5.74) is 2.25. The van der Waals surface area contributed by atoms with Gasteiger partial charge < -0.3 is 0 Å². The molecule has 0 unspecified atom stereocenters. The van der Waals surface area contributed by atoms with E-state index in [0.29, 0.717) is 6.42 Å². The van der Waals surface area contributed by atoms with Gasteiger partial charge in [-0.25, -0.2) is 0 Å². The molecule has 2 heteroatoms. The summed E-state index contributed by atoms with van der Waals surface area (Å²) >= 11 is 0. The van der Waals surface area contributed by atoms with Crippen LogP contribution in [0.4, 0.5) is 0 Å². The number of hydrogen-bond donors (Lipinski definition) is 0. The first-order valence-electron chi connectivity index (χ1n) is 6.62. The number of allylic oxidation sites excluding steroid dienone is 2. The molecule has 1 aliphatic carbocycles. The van der Waals surface area contributed by atoms with Crippen LogP contribution in [0.5, 0.6) is 0 Å². The quantitative estimate of drug-likeness (QED) is 0.766. The molecule has 19 heavy (non-hydrogen) atoms. The third-order valence-electron chi connectivity index (χ3n) is 3.67. The largest absolute Gasteiger partial charge is 0.295 e. The summed E-state index contributed by atoms with van der Waals surface area (Å²) in [6, 6.07) is 8.20. The van der Waals surface area contributed by atoms with Crippen LogP contribution in [0, 0.1) is 5.41 Å². The number of nitrogens with zero attached hydrogens (tertiary/aromatic N) is 1. The van der Waals surface area contributed by atoms with Crippen LogP contribution in [-0.4, -0.2) is 10.8 Å². The maximum Gasteiger partial charge on any atom is 0.156 e. The van der Waals surface area contributed by atoms with E-state index in [4.69, 9.17) is 0 Å². The van der Waals surface area contributed by atoms with Gasteiger partial charge in [-0.05, 0) is 28.9 Å². The second kappa shape index (κ2) is 4.30. The Morgan fingerprint density at radius 1 is 1.11 bits per heavy atom. The topological polar surface area (TPSA) is 30.0 Å². The van der Waals surface area contributed by atoms with Crippen molar-refractivity contribution in [2.45, 2.75) is 26.7 Å². The molecule has 1 heterocycles. The van der Waals surface area contributed by atoms with Gasteiger partial charge in [-0.1, -0.05) is 38.1 Å². The molecule has 0 spiro atoms. The summed E-state index contributed by atoms with van der Waals surface area (Å²) in [4.78, 5) is 16.2. The Morgan fingerprint density at radius 2 is 1.89 bits per heavy atom. The van der Waals surface area contributed by atoms with Gasteiger partial charge >= 0.3 is 0 Å². The molecule has 96 valence electrons. The van der Waals surface area contributed by atoms with E-state index in [-0.39, 0.29) is 11.2 Å². The van der Waals surface area contributed by atoms with E-state index in [1.165, 1.54) is 5.39 Å². The zero-order valence-electron chi connectivity index (χ0n) is 11.3. The minimum atomic E-state index is 0.0398. The molecule has 1 aromatic heterocycles. The standard InChI is InChI=1S/C17H17NO/c1-17(2)8-13(7-14(19)9-17)16-11-18-10-12-5-3-4-6-15(12)16/h3-7,10-11H,8-9H2,1-2H3. The molecule has 1 aliphatic rings. The Bertz CT molecular complexity index is 677. The summed E-state index contributed by atoms with van der Waals surface area (Å²) in [5, 5.41) is 2.30. The van der Waals surface area contributed by atoms with Crippen molar-refractivity contribution < 1.29 is 4.79 Å². The van der Waals surface area contributed by atoms with Crippen molar-refractivity contribution in [1.82, 2.24) is 4.98 Å². The van der Waals surface area contributed by atoms with E-state index in [0.717, 1.165) is 22.9 Å². The van der Waals surface area contributed by atoms with Crippen molar-refractivity contribution in [3.63, 3.8) is 0 Å². The van der Waals surface area contributed by atoms with Crippen molar-refractivity contribution >= 4 is 22.1 Å². The van der Waals surface area contributed by atoms with Crippen LogP contribution < -0.4 is 0 Å². The van der Waals surface area contributed by atoms with Crippen molar-refractivity contribution in [1.29, 1.82) is 0 Å². The number of carbonyl (C=O) groups is 1. The number of pyridine rings is 1. The highest BCUT2D eigenvalue weighted by Crippen LogP contribution is 2.39. The average molecular weight is 251 g/mol. The Labute approximate surface area is 113 Å². The van der Waals surface area contributed by atoms with Gasteiger partial charge in [-0.3, -0.25) is 9.78 Å². The predicted octanol–water partition coefficient (Wildman–Crippen LogP) is 4.01. The third kappa shape index (κ3) is 2.30. The smallest absolute Gasteiger partial charge is 0.156 e. The summed E-state index contributed by atoms with van der Waals surface area (Å²) in [7, 11) is 0. The first-order chi connectivity index (χ1) is 9.05. The van der Waals surface area contributed by atoms with Gasteiger partial charge in [0.15, 0.2) is 5.78 Å². The lowest BCUT2D eigenvalue weighted by molar-refractivity contribution is -0.116. The van der Waals surface area contributed by atoms with E-state index in [9.17, 15) is 4.79 Å². The number of hydrogen-bond acceptors (Lipinski definition) is 2. The van der Waals surface area contributed by atoms with E-state index in [1.807, 2.05) is 24.5 Å². The highest BCUT2D eigenvalue weighted by atomic mass is 16.1. The van der Waals surface area contributed by atoms with Crippen LogP contribution in [-0.2, 0) is 4.79 Å². The summed E-state index contributed by atoms with van der Waals surface area (Å²) in [5.74, 6) is 0.221. The van der Waals surface area contributed by atoms with Crippen LogP contribution in [0.15, 0.2) is 42.7 Å². The normalized spacial score (nSPS) is 18.4. The molecule has 0 amide bonds. The lowest BCUT2D eigenvalue weighted by Gasteiger charge is -2.29. The molecular weight excluding hydrogens is 234 g/mol. The van der Waals surface area contributed by atoms with Crippen LogP contribution >= 0.6 is 0 Å². The molecule has 2 aromatic rings. The summed E-state index contributed by atoms with van der Waals surface area (Å²) in [6.07, 6.45) is 7.11. The van der Waals surface area contributed by atoms with Gasteiger partial charge in [-0.2, -0.15) is 0 Å². The minimum absolute atomic E-state index is 0.0398. The van der Waals surface area contributed by atoms with Crippen LogP contribution in [0.2, 0.25) is 0 Å². The Hall–Kier alpha value is -1.96. The Kier molecular flexibility index (Phi) is 2.74. The molecule has 0 aliphatic heterocycles. The number of rotatable bonds is 1. The fraction of sp³-hybridized carbons (Fsp3) is 0.294. The molecule has 0 N–H and O–H groups in total. The van der Waals surface area contributed by atoms with Crippen LogP contribution in [0.1, 0.15) is 32.3 Å². The lowest BCUT2D eigenvalue weighted by Crippen LogP contribution is -2.21. The van der Waals surface area contributed by atoms with E-state index >= 15 is 0 Å². The first kappa shape index (κ1) is 12.1. The molecule has 0 radical (unpaired) electrons. The number of fused-ring (bicyclic) bond motifs is 1. The Balaban J connectivity index is 2.17. The van der Waals surface area contributed by atoms with Gasteiger partial charge in [0, 0.05) is 29.8 Å². The maximum absolute atomic E-state index is 11.9. The molecule has 3 rings (SSSR count). The zero-order valence-corrected chi connectivity index (χ0v) is 11.3. The van der Waals surface area contributed by atoms with Crippen LogP contribution in [0.3, 0.4) is 0 Å². The monoisotopic (exact) mass is 251 g/mol. The molecule has 0 saturated carbocycles. The average Bonchev–Trinajstić information content (AvgIpc) is 2.35. The summed E-state index contributed by atoms with van der Waals surface area (Å²) in [6.45, 7) is 4.30. The third-order valence-corrected chi connectivity index (χ3v) is 3.67. The van der Waals surface area contributed by atoms with E-state index < -0.39 is 0 Å². The van der Waals surface area contributed by atoms with Gasteiger partial charge in [0.1, 0.15) is 0 Å². The number of benzene rings is 1. The maximum atomic E-state index is 11.9. The van der Waals surface area contributed by atoms with Crippen LogP contribution in [0.25, 0.3) is 16.3 Å². The Morgan fingerprint density at radius 3 is 2.68 bits per heavy atom. The molecular formula is C17H17NO. The number of aromatic nitrogens is 1. The second-order valence-electron chi connectivity index (χ2n) is 6.06. The lowest BCUT2D eigenvalue weighted by atomic mass is 9.75. The van der Waals surface area contributed by atoms with Gasteiger partial charge in [0.2, 0.25) is 0 Å². The van der Waals surface area contributed by atoms with Gasteiger partial charge in [0.05, 0.1) is 0 Å². The molecule has 0 bridgehead atoms. The number of carbonyl (C=O) groups excluding carboxylic acids is 1. The van der Waals surface area contributed by atoms with Crippen molar-refractivity contribution in [3.05, 3.63) is 48.3 Å². The SMILES string of the molecule is CC1(C)CC(=O)C=C(c2cncc3ccccc23)C1. The van der Waals surface area contributed by atoms with Crippen molar-refractivity contribution in [2.75, 3.05) is 0 Å². The van der Waals surface area contributed by atoms with E-state index in [1.54, 1.807) is 6.08 Å². The molecule has 0 fully saturated rings. The first-order valence-corrected chi connectivity index (χ1v) is 6.62. The second-order valence-corrected chi connectivity index (χ2v) is 6.06. The molecule has 0 atom stereocenters.